The van der Waals surface area contributed by atoms with Gasteiger partial charge in [-0.25, -0.2) is 0 Å². The maximum Gasteiger partial charge on any atom is -0.0163 e. The van der Waals surface area contributed by atoms with E-state index in [0.717, 1.165) is 6.42 Å². The highest BCUT2D eigenvalue weighted by molar-refractivity contribution is 5.38. The lowest BCUT2D eigenvalue weighted by atomic mass is 10.1. The van der Waals surface area contributed by atoms with E-state index in [4.69, 9.17) is 0 Å². The van der Waals surface area contributed by atoms with Gasteiger partial charge in [-0.2, -0.15) is 0 Å². The highest BCUT2D eigenvalue weighted by Gasteiger charge is 2.09. The molecule has 0 nitrogen and oxygen atoms in total. The van der Waals surface area contributed by atoms with Gasteiger partial charge in [-0.1, -0.05) is 24.3 Å². The van der Waals surface area contributed by atoms with Crippen molar-refractivity contribution in [2.75, 3.05) is 0 Å². The van der Waals surface area contributed by atoms with Crippen molar-refractivity contribution in [1.29, 1.82) is 0 Å². The SMILES string of the molecule is C1=CC2=C(C=CC1)CCC2. The van der Waals surface area contributed by atoms with Crippen molar-refractivity contribution >= 4 is 0 Å². The van der Waals surface area contributed by atoms with Gasteiger partial charge < -0.3 is 0 Å². The summed E-state index contributed by atoms with van der Waals surface area (Å²) < 4.78 is 0. The van der Waals surface area contributed by atoms with E-state index in [-0.39, 0.29) is 0 Å². The van der Waals surface area contributed by atoms with Crippen LogP contribution >= 0.6 is 0 Å². The van der Waals surface area contributed by atoms with Crippen LogP contribution in [0.3, 0.4) is 0 Å². The Morgan fingerprint density at radius 1 is 0.900 bits per heavy atom. The molecule has 0 amide bonds. The van der Waals surface area contributed by atoms with Crippen molar-refractivity contribution in [2.45, 2.75) is 25.7 Å². The molecular formula is C10H12. The van der Waals surface area contributed by atoms with E-state index in [1.54, 1.807) is 11.1 Å². The van der Waals surface area contributed by atoms with E-state index < -0.39 is 0 Å². The van der Waals surface area contributed by atoms with Crippen LogP contribution < -0.4 is 0 Å². The molecule has 52 valence electrons. The van der Waals surface area contributed by atoms with Gasteiger partial charge in [0.2, 0.25) is 0 Å². The molecule has 0 aromatic heterocycles. The molecule has 10 heavy (non-hydrogen) atoms. The van der Waals surface area contributed by atoms with E-state index in [1.165, 1.54) is 19.3 Å². The van der Waals surface area contributed by atoms with Crippen LogP contribution in [-0.2, 0) is 0 Å². The molecule has 0 aliphatic heterocycles. The Balaban J connectivity index is 2.34. The minimum Gasteiger partial charge on any atom is -0.0805 e. The number of rotatable bonds is 0. The second-order valence-corrected chi connectivity index (χ2v) is 2.94. The summed E-state index contributed by atoms with van der Waals surface area (Å²) in [6.45, 7) is 0. The van der Waals surface area contributed by atoms with Gasteiger partial charge in [0.15, 0.2) is 0 Å². The van der Waals surface area contributed by atoms with Crippen molar-refractivity contribution < 1.29 is 0 Å². The molecule has 0 saturated carbocycles. The van der Waals surface area contributed by atoms with Gasteiger partial charge in [0, 0.05) is 0 Å². The molecule has 2 aliphatic carbocycles. The Bertz CT molecular complexity index is 194. The van der Waals surface area contributed by atoms with Crippen LogP contribution in [0.1, 0.15) is 25.7 Å². The average molecular weight is 132 g/mol. The zero-order valence-electron chi connectivity index (χ0n) is 6.14. The average Bonchev–Trinajstić information content (AvgIpc) is 2.28. The Labute approximate surface area is 61.9 Å². The first-order chi connectivity index (χ1) is 4.97. The fourth-order valence-corrected chi connectivity index (χ4v) is 1.67. The third-order valence-electron chi connectivity index (χ3n) is 2.21. The first kappa shape index (κ1) is 5.96. The highest BCUT2D eigenvalue weighted by Crippen LogP contribution is 2.29. The van der Waals surface area contributed by atoms with Crippen molar-refractivity contribution in [1.82, 2.24) is 0 Å². The molecule has 0 saturated heterocycles. The molecule has 2 aliphatic rings. The molecule has 0 spiro atoms. The normalized spacial score (nSPS) is 23.2. The summed E-state index contributed by atoms with van der Waals surface area (Å²) in [4.78, 5) is 0. The highest BCUT2D eigenvalue weighted by atomic mass is 14.1. The summed E-state index contributed by atoms with van der Waals surface area (Å²) in [5.41, 5.74) is 3.16. The smallest absolute Gasteiger partial charge is 0.0163 e. The maximum atomic E-state index is 2.29. The summed E-state index contributed by atoms with van der Waals surface area (Å²) in [5, 5.41) is 0. The largest absolute Gasteiger partial charge is 0.0805 e. The van der Waals surface area contributed by atoms with Crippen LogP contribution in [0.4, 0.5) is 0 Å². The summed E-state index contributed by atoms with van der Waals surface area (Å²) in [7, 11) is 0. The van der Waals surface area contributed by atoms with Gasteiger partial charge in [-0.05, 0) is 36.8 Å². The summed E-state index contributed by atoms with van der Waals surface area (Å²) in [6.07, 6.45) is 14.2. The standard InChI is InChI=1S/C10H12/c1-2-5-9-7-4-8-10(9)6-3-1/h2-3,5-6H,1,4,7-8H2. The molecule has 0 unspecified atom stereocenters. The molecule has 0 heterocycles. The van der Waals surface area contributed by atoms with Crippen molar-refractivity contribution in [3.63, 3.8) is 0 Å². The van der Waals surface area contributed by atoms with Gasteiger partial charge >= 0.3 is 0 Å². The molecule has 2 rings (SSSR count). The monoisotopic (exact) mass is 132 g/mol. The van der Waals surface area contributed by atoms with Crippen LogP contribution in [0, 0.1) is 0 Å². The second-order valence-electron chi connectivity index (χ2n) is 2.94. The van der Waals surface area contributed by atoms with E-state index in [1.807, 2.05) is 0 Å². The predicted octanol–water partition coefficient (Wildman–Crippen LogP) is 2.98. The molecule has 0 radical (unpaired) electrons. The van der Waals surface area contributed by atoms with Gasteiger partial charge in [0.25, 0.3) is 0 Å². The van der Waals surface area contributed by atoms with Gasteiger partial charge in [0.05, 0.1) is 0 Å². The maximum absolute atomic E-state index is 2.29. The minimum absolute atomic E-state index is 1.12. The Morgan fingerprint density at radius 2 is 1.50 bits per heavy atom. The zero-order chi connectivity index (χ0) is 6.81. The van der Waals surface area contributed by atoms with Crippen LogP contribution in [-0.4, -0.2) is 0 Å². The second kappa shape index (κ2) is 2.45. The number of hydrogen-bond donors (Lipinski definition) is 0. The van der Waals surface area contributed by atoms with E-state index >= 15 is 0 Å². The first-order valence-electron chi connectivity index (χ1n) is 4.02. The minimum atomic E-state index is 1.12. The summed E-state index contributed by atoms with van der Waals surface area (Å²) >= 11 is 0. The molecular weight excluding hydrogens is 120 g/mol. The van der Waals surface area contributed by atoms with Crippen molar-refractivity contribution in [3.8, 4) is 0 Å². The lowest BCUT2D eigenvalue weighted by molar-refractivity contribution is 0.905. The molecule has 0 heteroatoms. The number of hydrogen-bond acceptors (Lipinski definition) is 0. The molecule has 0 fully saturated rings. The fourth-order valence-electron chi connectivity index (χ4n) is 1.67. The summed E-state index contributed by atoms with van der Waals surface area (Å²) in [6, 6.07) is 0. The topological polar surface area (TPSA) is 0 Å². The van der Waals surface area contributed by atoms with Crippen LogP contribution in [0.5, 0.6) is 0 Å². The molecule has 0 atom stereocenters. The van der Waals surface area contributed by atoms with E-state index in [2.05, 4.69) is 24.3 Å². The third kappa shape index (κ3) is 0.942. The Hall–Kier alpha value is -0.780. The molecule has 0 aromatic carbocycles. The van der Waals surface area contributed by atoms with Gasteiger partial charge in [-0.3, -0.25) is 0 Å². The molecule has 0 bridgehead atoms. The van der Waals surface area contributed by atoms with Gasteiger partial charge in [0.1, 0.15) is 0 Å². The van der Waals surface area contributed by atoms with Crippen molar-refractivity contribution in [2.24, 2.45) is 0 Å². The number of allylic oxidation sites excluding steroid dienone is 6. The van der Waals surface area contributed by atoms with Crippen molar-refractivity contribution in [3.05, 3.63) is 35.5 Å². The quantitative estimate of drug-likeness (QED) is 0.475. The molecule has 0 aromatic rings. The predicted molar refractivity (Wildman–Crippen MR) is 43.8 cm³/mol. The first-order valence-corrected chi connectivity index (χ1v) is 4.02. The summed E-state index contributed by atoms with van der Waals surface area (Å²) in [5.74, 6) is 0. The third-order valence-corrected chi connectivity index (χ3v) is 2.21. The Morgan fingerprint density at radius 3 is 2.10 bits per heavy atom. The fraction of sp³-hybridized carbons (Fsp3) is 0.400. The van der Waals surface area contributed by atoms with Crippen LogP contribution in [0.25, 0.3) is 0 Å². The van der Waals surface area contributed by atoms with E-state index in [0.29, 0.717) is 0 Å². The van der Waals surface area contributed by atoms with Gasteiger partial charge in [-0.15, -0.1) is 0 Å². The molecule has 0 N–H and O–H groups in total. The Kier molecular flexibility index (Phi) is 1.46. The zero-order valence-corrected chi connectivity index (χ0v) is 6.14. The van der Waals surface area contributed by atoms with Crippen LogP contribution in [0.2, 0.25) is 0 Å². The lowest BCUT2D eigenvalue weighted by Gasteiger charge is -1.91. The lowest BCUT2D eigenvalue weighted by Crippen LogP contribution is -1.71. The van der Waals surface area contributed by atoms with Crippen LogP contribution in [0.15, 0.2) is 35.5 Å². The van der Waals surface area contributed by atoms with E-state index in [9.17, 15) is 0 Å².